The summed E-state index contributed by atoms with van der Waals surface area (Å²) in [5.41, 5.74) is 0. The molecule has 0 saturated heterocycles. The second kappa shape index (κ2) is 8.61. The third kappa shape index (κ3) is 5.93. The maximum Gasteiger partial charge on any atom is 0.0897 e. The molecule has 1 rings (SSSR count). The van der Waals surface area contributed by atoms with Crippen LogP contribution in [0.25, 0.3) is 0 Å². The van der Waals surface area contributed by atoms with Crippen molar-refractivity contribution in [1.29, 1.82) is 0 Å². The van der Waals surface area contributed by atoms with Crippen LogP contribution in [0.15, 0.2) is 12.1 Å². The maximum absolute atomic E-state index is 9.72. The first-order valence-corrected chi connectivity index (χ1v) is 6.99. The maximum atomic E-state index is 9.72. The Labute approximate surface area is 113 Å². The van der Waals surface area contributed by atoms with Crippen molar-refractivity contribution in [3.05, 3.63) is 21.9 Å². The Morgan fingerprint density at radius 1 is 1.39 bits per heavy atom. The average Bonchev–Trinajstić information content (AvgIpc) is 2.78. The van der Waals surface area contributed by atoms with E-state index in [9.17, 15) is 5.11 Å². The number of aliphatic hydroxyl groups is 1. The van der Waals surface area contributed by atoms with Gasteiger partial charge >= 0.3 is 0 Å². The van der Waals surface area contributed by atoms with E-state index in [0.717, 1.165) is 0 Å². The molecule has 0 aliphatic carbocycles. The number of thiophene rings is 1. The molecule has 2 atom stereocenters. The summed E-state index contributed by atoms with van der Waals surface area (Å²) in [6.45, 7) is 6.15. The number of hydrogen-bond donors (Lipinski definition) is 2. The molecule has 0 fully saturated rings. The molecular weight excluding hydrogens is 250 g/mol. The van der Waals surface area contributed by atoms with Gasteiger partial charge in [-0.25, -0.2) is 0 Å². The smallest absolute Gasteiger partial charge is 0.0897 e. The van der Waals surface area contributed by atoms with E-state index in [1.54, 1.807) is 18.4 Å². The van der Waals surface area contributed by atoms with E-state index in [4.69, 9.17) is 9.47 Å². The summed E-state index contributed by atoms with van der Waals surface area (Å²) in [6, 6.07) is 4.50. The van der Waals surface area contributed by atoms with Gasteiger partial charge in [0.15, 0.2) is 0 Å². The summed E-state index contributed by atoms with van der Waals surface area (Å²) in [7, 11) is 1.63. The van der Waals surface area contributed by atoms with Gasteiger partial charge in [0.05, 0.1) is 25.9 Å². The molecule has 0 bridgehead atoms. The Morgan fingerprint density at radius 3 is 2.78 bits per heavy atom. The van der Waals surface area contributed by atoms with Gasteiger partial charge in [-0.3, -0.25) is 0 Å². The molecule has 2 N–H and O–H groups in total. The number of aryl methyl sites for hydroxylation is 1. The monoisotopic (exact) mass is 273 g/mol. The lowest BCUT2D eigenvalue weighted by Crippen LogP contribution is -2.32. The van der Waals surface area contributed by atoms with Crippen molar-refractivity contribution < 1.29 is 14.6 Å². The molecule has 18 heavy (non-hydrogen) atoms. The molecule has 0 spiro atoms. The number of hydrogen-bond acceptors (Lipinski definition) is 5. The summed E-state index contributed by atoms with van der Waals surface area (Å²) in [5.74, 6) is 0. The Balaban J connectivity index is 2.15. The lowest BCUT2D eigenvalue weighted by Gasteiger charge is -2.16. The first kappa shape index (κ1) is 15.6. The lowest BCUT2D eigenvalue weighted by atomic mass is 10.2. The first-order valence-electron chi connectivity index (χ1n) is 6.18. The van der Waals surface area contributed by atoms with Gasteiger partial charge < -0.3 is 19.9 Å². The number of methoxy groups -OCH3 is 1. The van der Waals surface area contributed by atoms with Gasteiger partial charge in [0.25, 0.3) is 0 Å². The largest absolute Gasteiger partial charge is 0.389 e. The van der Waals surface area contributed by atoms with Gasteiger partial charge in [-0.15, -0.1) is 11.3 Å². The highest BCUT2D eigenvalue weighted by Crippen LogP contribution is 2.21. The summed E-state index contributed by atoms with van der Waals surface area (Å²) in [5, 5.41) is 13.0. The molecular formula is C13H23NO3S. The van der Waals surface area contributed by atoms with E-state index in [2.05, 4.69) is 31.3 Å². The Morgan fingerprint density at radius 2 is 2.17 bits per heavy atom. The second-order valence-corrected chi connectivity index (χ2v) is 5.62. The third-order valence-corrected chi connectivity index (χ3v) is 3.77. The Kier molecular flexibility index (Phi) is 7.46. The Bertz CT molecular complexity index is 330. The number of rotatable bonds is 9. The zero-order valence-corrected chi connectivity index (χ0v) is 12.1. The third-order valence-electron chi connectivity index (χ3n) is 2.59. The van der Waals surface area contributed by atoms with Crippen LogP contribution in [0.4, 0.5) is 0 Å². The van der Waals surface area contributed by atoms with Crippen LogP contribution in [0.1, 0.15) is 22.7 Å². The number of aliphatic hydroxyl groups excluding tert-OH is 1. The normalized spacial score (nSPS) is 14.7. The molecule has 0 amide bonds. The Hall–Kier alpha value is -0.460. The minimum absolute atomic E-state index is 0.261. The van der Waals surface area contributed by atoms with Crippen LogP contribution in [0, 0.1) is 6.92 Å². The summed E-state index contributed by atoms with van der Waals surface area (Å²) < 4.78 is 10.1. The average molecular weight is 273 g/mol. The molecule has 0 radical (unpaired) electrons. The van der Waals surface area contributed by atoms with Crippen molar-refractivity contribution in [2.45, 2.75) is 26.0 Å². The topological polar surface area (TPSA) is 50.7 Å². The van der Waals surface area contributed by atoms with Crippen LogP contribution in [0.3, 0.4) is 0 Å². The predicted molar refractivity (Wildman–Crippen MR) is 74.2 cm³/mol. The lowest BCUT2D eigenvalue weighted by molar-refractivity contribution is 0.0131. The van der Waals surface area contributed by atoms with E-state index >= 15 is 0 Å². The van der Waals surface area contributed by atoms with Gasteiger partial charge in [-0.2, -0.15) is 0 Å². The van der Waals surface area contributed by atoms with Crippen molar-refractivity contribution >= 4 is 11.3 Å². The molecule has 0 aliphatic heterocycles. The highest BCUT2D eigenvalue weighted by atomic mass is 32.1. The highest BCUT2D eigenvalue weighted by molar-refractivity contribution is 7.12. The van der Waals surface area contributed by atoms with Crippen molar-refractivity contribution in [3.8, 4) is 0 Å². The molecule has 2 unspecified atom stereocenters. The molecule has 0 aromatic carbocycles. The number of ether oxygens (including phenoxy) is 2. The minimum Gasteiger partial charge on any atom is -0.389 e. The van der Waals surface area contributed by atoms with Gasteiger partial charge in [-0.1, -0.05) is 0 Å². The first-order chi connectivity index (χ1) is 8.63. The van der Waals surface area contributed by atoms with Crippen LogP contribution in [0.5, 0.6) is 0 Å². The van der Waals surface area contributed by atoms with Gasteiger partial charge in [-0.05, 0) is 26.0 Å². The van der Waals surface area contributed by atoms with E-state index < -0.39 is 6.10 Å². The van der Waals surface area contributed by atoms with E-state index in [-0.39, 0.29) is 6.04 Å². The van der Waals surface area contributed by atoms with E-state index in [0.29, 0.717) is 26.4 Å². The molecule has 0 saturated carbocycles. The highest BCUT2D eigenvalue weighted by Gasteiger charge is 2.10. The van der Waals surface area contributed by atoms with Crippen LogP contribution in [-0.4, -0.2) is 44.7 Å². The van der Waals surface area contributed by atoms with Gasteiger partial charge in [0, 0.05) is 29.5 Å². The zero-order chi connectivity index (χ0) is 13.4. The molecule has 1 aromatic heterocycles. The summed E-state index contributed by atoms with van der Waals surface area (Å²) >= 11 is 1.78. The standard InChI is InChI=1S/C13H23NO3S/c1-10-4-5-13(18-10)11(2)14-8-12(15)9-17-7-6-16-3/h4-5,11-12,14-15H,6-9H2,1-3H3. The SMILES string of the molecule is COCCOCC(O)CNC(C)c1ccc(C)s1. The fourth-order valence-electron chi connectivity index (χ4n) is 1.52. The van der Waals surface area contributed by atoms with Crippen LogP contribution >= 0.6 is 11.3 Å². The van der Waals surface area contributed by atoms with Crippen LogP contribution < -0.4 is 5.32 Å². The van der Waals surface area contributed by atoms with Crippen molar-refractivity contribution in [2.24, 2.45) is 0 Å². The minimum atomic E-state index is -0.481. The van der Waals surface area contributed by atoms with Crippen molar-refractivity contribution in [2.75, 3.05) is 33.5 Å². The quantitative estimate of drug-likeness (QED) is 0.673. The van der Waals surface area contributed by atoms with Crippen molar-refractivity contribution in [3.63, 3.8) is 0 Å². The van der Waals surface area contributed by atoms with Gasteiger partial charge in [0.2, 0.25) is 0 Å². The second-order valence-electron chi connectivity index (χ2n) is 4.30. The summed E-state index contributed by atoms with van der Waals surface area (Å²) in [4.78, 5) is 2.60. The van der Waals surface area contributed by atoms with E-state index in [1.165, 1.54) is 9.75 Å². The number of nitrogens with one attached hydrogen (secondary N) is 1. The van der Waals surface area contributed by atoms with Crippen LogP contribution in [0.2, 0.25) is 0 Å². The molecule has 1 aromatic rings. The predicted octanol–water partition coefficient (Wildman–Crippen LogP) is 1.73. The fraction of sp³-hybridized carbons (Fsp3) is 0.692. The molecule has 104 valence electrons. The van der Waals surface area contributed by atoms with Crippen molar-refractivity contribution in [1.82, 2.24) is 5.32 Å². The molecule has 0 aliphatic rings. The molecule has 4 nitrogen and oxygen atoms in total. The molecule has 1 heterocycles. The van der Waals surface area contributed by atoms with E-state index in [1.807, 2.05) is 0 Å². The summed E-state index contributed by atoms with van der Waals surface area (Å²) in [6.07, 6.45) is -0.481. The zero-order valence-electron chi connectivity index (χ0n) is 11.3. The van der Waals surface area contributed by atoms with Crippen LogP contribution in [-0.2, 0) is 9.47 Å². The molecule has 5 heteroatoms. The fourth-order valence-corrected chi connectivity index (χ4v) is 2.42. The van der Waals surface area contributed by atoms with Gasteiger partial charge in [0.1, 0.15) is 0 Å².